The summed E-state index contributed by atoms with van der Waals surface area (Å²) >= 11 is 0. The first-order valence-electron chi connectivity index (χ1n) is 7.31. The molecule has 0 saturated carbocycles. The lowest BCUT2D eigenvalue weighted by Crippen LogP contribution is -2.47. The summed E-state index contributed by atoms with van der Waals surface area (Å²) in [7, 11) is 0. The van der Waals surface area contributed by atoms with Crippen molar-refractivity contribution < 1.29 is 14.0 Å². The van der Waals surface area contributed by atoms with Crippen LogP contribution >= 0.6 is 0 Å². The van der Waals surface area contributed by atoms with E-state index < -0.39 is 11.7 Å². The molecule has 2 aromatic rings. The summed E-state index contributed by atoms with van der Waals surface area (Å²) in [4.78, 5) is 25.8. The number of nitrogens with one attached hydrogen (secondary N) is 2. The zero-order valence-electron chi connectivity index (χ0n) is 12.4. The molecule has 0 aromatic heterocycles. The van der Waals surface area contributed by atoms with Crippen molar-refractivity contribution in [3.8, 4) is 0 Å². The molecule has 0 spiro atoms. The summed E-state index contributed by atoms with van der Waals surface area (Å²) < 4.78 is 13.2. The average Bonchev–Trinajstić information content (AvgIpc) is 2.55. The second kappa shape index (κ2) is 6.48. The van der Waals surface area contributed by atoms with Crippen LogP contribution in [0.3, 0.4) is 0 Å². The lowest BCUT2D eigenvalue weighted by atomic mass is 10.1. The van der Waals surface area contributed by atoms with E-state index in [-0.39, 0.29) is 18.0 Å². The van der Waals surface area contributed by atoms with Crippen molar-refractivity contribution in [2.75, 3.05) is 29.9 Å². The van der Waals surface area contributed by atoms with E-state index in [2.05, 4.69) is 10.6 Å². The quantitative estimate of drug-likeness (QED) is 0.911. The zero-order chi connectivity index (χ0) is 16.2. The van der Waals surface area contributed by atoms with E-state index in [0.29, 0.717) is 18.8 Å². The lowest BCUT2D eigenvalue weighted by Gasteiger charge is -2.30. The normalized spacial score (nSPS) is 14.3. The minimum Gasteiger partial charge on any atom is -0.359 e. The maximum absolute atomic E-state index is 13.2. The first kappa shape index (κ1) is 15.0. The Kier molecular flexibility index (Phi) is 4.23. The fourth-order valence-corrected chi connectivity index (χ4v) is 2.52. The van der Waals surface area contributed by atoms with Gasteiger partial charge in [0.05, 0.1) is 17.9 Å². The third-order valence-corrected chi connectivity index (χ3v) is 3.62. The van der Waals surface area contributed by atoms with Crippen LogP contribution in [0, 0.1) is 5.82 Å². The Hall–Kier alpha value is -2.89. The smallest absolute Gasteiger partial charge is 0.255 e. The Morgan fingerprint density at radius 1 is 1.17 bits per heavy atom. The monoisotopic (exact) mass is 313 g/mol. The number of hydrogen-bond acceptors (Lipinski definition) is 3. The van der Waals surface area contributed by atoms with Gasteiger partial charge in [-0.3, -0.25) is 9.59 Å². The molecule has 118 valence electrons. The summed E-state index contributed by atoms with van der Waals surface area (Å²) in [5, 5.41) is 5.55. The van der Waals surface area contributed by atoms with Crippen LogP contribution in [-0.4, -0.2) is 31.4 Å². The Labute approximate surface area is 133 Å². The largest absolute Gasteiger partial charge is 0.359 e. The van der Waals surface area contributed by atoms with Crippen LogP contribution in [0.4, 0.5) is 15.8 Å². The van der Waals surface area contributed by atoms with Crippen molar-refractivity contribution in [3.05, 3.63) is 59.9 Å². The topological polar surface area (TPSA) is 61.4 Å². The van der Waals surface area contributed by atoms with Crippen molar-refractivity contribution >= 4 is 23.2 Å². The maximum atomic E-state index is 13.2. The Morgan fingerprint density at radius 2 is 2.00 bits per heavy atom. The highest BCUT2D eigenvalue weighted by Crippen LogP contribution is 2.26. The average molecular weight is 313 g/mol. The van der Waals surface area contributed by atoms with Gasteiger partial charge < -0.3 is 15.5 Å². The summed E-state index contributed by atoms with van der Waals surface area (Å²) in [6.45, 7) is 1.47. The summed E-state index contributed by atoms with van der Waals surface area (Å²) in [5.74, 6) is -0.903. The van der Waals surface area contributed by atoms with E-state index >= 15 is 0 Å². The molecule has 3 rings (SSSR count). The van der Waals surface area contributed by atoms with Crippen LogP contribution in [0.15, 0.2) is 48.5 Å². The van der Waals surface area contributed by atoms with Gasteiger partial charge in [0.15, 0.2) is 0 Å². The molecule has 23 heavy (non-hydrogen) atoms. The third kappa shape index (κ3) is 3.48. The second-order valence-corrected chi connectivity index (χ2v) is 5.25. The zero-order valence-corrected chi connectivity index (χ0v) is 12.4. The van der Waals surface area contributed by atoms with Crippen molar-refractivity contribution in [3.63, 3.8) is 0 Å². The molecule has 1 fully saturated rings. The summed E-state index contributed by atoms with van der Waals surface area (Å²) in [6.07, 6.45) is 0. The number of benzene rings is 2. The Bertz CT molecular complexity index is 748. The number of anilines is 2. The van der Waals surface area contributed by atoms with Gasteiger partial charge in [0.1, 0.15) is 5.82 Å². The number of carbonyl (C=O) groups excluding carboxylic acids is 2. The number of rotatable bonds is 3. The first-order chi connectivity index (χ1) is 11.1. The van der Waals surface area contributed by atoms with E-state index in [1.165, 1.54) is 18.2 Å². The van der Waals surface area contributed by atoms with Crippen LogP contribution in [0.5, 0.6) is 0 Å². The number of nitrogens with zero attached hydrogens (tertiary/aromatic N) is 1. The first-order valence-corrected chi connectivity index (χ1v) is 7.31. The van der Waals surface area contributed by atoms with Crippen LogP contribution < -0.4 is 15.5 Å². The molecule has 1 aliphatic rings. The van der Waals surface area contributed by atoms with Gasteiger partial charge in [0, 0.05) is 18.7 Å². The summed E-state index contributed by atoms with van der Waals surface area (Å²) in [5.41, 5.74) is 1.61. The second-order valence-electron chi connectivity index (χ2n) is 5.25. The number of halogens is 1. The van der Waals surface area contributed by atoms with Gasteiger partial charge in [-0.15, -0.1) is 0 Å². The van der Waals surface area contributed by atoms with Gasteiger partial charge in [-0.25, -0.2) is 4.39 Å². The highest BCUT2D eigenvalue weighted by atomic mass is 19.1. The van der Waals surface area contributed by atoms with E-state index in [1.807, 2.05) is 17.0 Å². The van der Waals surface area contributed by atoms with Crippen LogP contribution in [-0.2, 0) is 4.79 Å². The molecule has 1 saturated heterocycles. The Morgan fingerprint density at radius 3 is 2.78 bits per heavy atom. The lowest BCUT2D eigenvalue weighted by molar-refractivity contribution is -0.120. The Balaban J connectivity index is 1.83. The summed E-state index contributed by atoms with van der Waals surface area (Å²) in [6, 6.07) is 12.8. The number of amides is 2. The molecule has 0 radical (unpaired) electrons. The molecule has 2 N–H and O–H groups in total. The van der Waals surface area contributed by atoms with Gasteiger partial charge in [0.2, 0.25) is 5.91 Å². The predicted octanol–water partition coefficient (Wildman–Crippen LogP) is 2.01. The minimum absolute atomic E-state index is 0.0532. The van der Waals surface area contributed by atoms with Gasteiger partial charge in [-0.05, 0) is 30.3 Å². The minimum atomic E-state index is -0.460. The van der Waals surface area contributed by atoms with Crippen molar-refractivity contribution in [2.45, 2.75) is 0 Å². The number of hydrogen-bond donors (Lipinski definition) is 2. The number of carbonyl (C=O) groups is 2. The molecule has 6 heteroatoms. The predicted molar refractivity (Wildman–Crippen MR) is 86.0 cm³/mol. The van der Waals surface area contributed by atoms with Gasteiger partial charge in [-0.2, -0.15) is 0 Å². The van der Waals surface area contributed by atoms with E-state index in [0.717, 1.165) is 5.69 Å². The van der Waals surface area contributed by atoms with Gasteiger partial charge in [-0.1, -0.05) is 18.2 Å². The van der Waals surface area contributed by atoms with Crippen LogP contribution in [0.1, 0.15) is 10.4 Å². The molecule has 2 amide bonds. The number of para-hydroxylation sites is 2. The van der Waals surface area contributed by atoms with Gasteiger partial charge in [0.25, 0.3) is 5.91 Å². The highest BCUT2D eigenvalue weighted by molar-refractivity contribution is 6.06. The maximum Gasteiger partial charge on any atom is 0.255 e. The molecule has 0 bridgehead atoms. The van der Waals surface area contributed by atoms with Crippen molar-refractivity contribution in [2.24, 2.45) is 0 Å². The van der Waals surface area contributed by atoms with Crippen LogP contribution in [0.2, 0.25) is 0 Å². The van der Waals surface area contributed by atoms with E-state index in [1.54, 1.807) is 18.2 Å². The van der Waals surface area contributed by atoms with E-state index in [9.17, 15) is 14.0 Å². The molecule has 1 heterocycles. The molecular formula is C17H16FN3O2. The standard InChI is InChI=1S/C17H16FN3O2/c18-13-5-3-4-12(10-13)17(23)20-14-6-1-2-7-15(14)21-9-8-19-16(22)11-21/h1-7,10H,8-9,11H2,(H,19,22)(H,20,23). The van der Waals surface area contributed by atoms with Crippen LogP contribution in [0.25, 0.3) is 0 Å². The third-order valence-electron chi connectivity index (χ3n) is 3.62. The van der Waals surface area contributed by atoms with Gasteiger partial charge >= 0.3 is 0 Å². The van der Waals surface area contributed by atoms with Crippen molar-refractivity contribution in [1.29, 1.82) is 0 Å². The molecule has 0 unspecified atom stereocenters. The fourth-order valence-electron chi connectivity index (χ4n) is 2.52. The molecular weight excluding hydrogens is 297 g/mol. The molecule has 0 atom stereocenters. The number of piperazine rings is 1. The molecule has 2 aromatic carbocycles. The fraction of sp³-hybridized carbons (Fsp3) is 0.176. The molecule has 0 aliphatic carbocycles. The molecule has 1 aliphatic heterocycles. The molecule has 5 nitrogen and oxygen atoms in total. The van der Waals surface area contributed by atoms with E-state index in [4.69, 9.17) is 0 Å². The van der Waals surface area contributed by atoms with Crippen molar-refractivity contribution in [1.82, 2.24) is 5.32 Å². The SMILES string of the molecule is O=C1CN(c2ccccc2NC(=O)c2cccc(F)c2)CCN1. The highest BCUT2D eigenvalue weighted by Gasteiger charge is 2.19.